The van der Waals surface area contributed by atoms with E-state index in [-0.39, 0.29) is 6.04 Å². The van der Waals surface area contributed by atoms with Crippen LogP contribution in [0, 0.1) is 3.57 Å². The summed E-state index contributed by atoms with van der Waals surface area (Å²) in [6, 6.07) is 6.48. The summed E-state index contributed by atoms with van der Waals surface area (Å²) in [5.41, 5.74) is 7.24. The maximum atomic E-state index is 6.01. The van der Waals surface area contributed by atoms with Crippen molar-refractivity contribution in [3.63, 3.8) is 0 Å². The predicted octanol–water partition coefficient (Wildman–Crippen LogP) is 3.85. The van der Waals surface area contributed by atoms with Crippen LogP contribution in [0.4, 0.5) is 0 Å². The SMILES string of the molecule is CCCC(N)c1ccc(Br)c(I)c1. The molecule has 3 heteroatoms. The molecule has 1 rings (SSSR count). The van der Waals surface area contributed by atoms with Crippen molar-refractivity contribution in [2.75, 3.05) is 0 Å². The molecule has 0 aliphatic carbocycles. The minimum atomic E-state index is 0.187. The molecule has 1 aromatic rings. The van der Waals surface area contributed by atoms with E-state index >= 15 is 0 Å². The molecule has 0 radical (unpaired) electrons. The Labute approximate surface area is 101 Å². The van der Waals surface area contributed by atoms with Crippen molar-refractivity contribution >= 4 is 38.5 Å². The highest BCUT2D eigenvalue weighted by Gasteiger charge is 2.05. The molecule has 0 saturated heterocycles. The predicted molar refractivity (Wildman–Crippen MR) is 68.7 cm³/mol. The standard InChI is InChI=1S/C10H13BrIN/c1-2-3-10(13)7-4-5-8(11)9(12)6-7/h4-6,10H,2-3,13H2,1H3. The summed E-state index contributed by atoms with van der Waals surface area (Å²) in [6.07, 6.45) is 2.19. The van der Waals surface area contributed by atoms with Gasteiger partial charge in [-0.15, -0.1) is 0 Å². The van der Waals surface area contributed by atoms with Crippen molar-refractivity contribution in [2.24, 2.45) is 5.73 Å². The first-order valence-electron chi connectivity index (χ1n) is 4.35. The first-order valence-corrected chi connectivity index (χ1v) is 6.23. The highest BCUT2D eigenvalue weighted by Crippen LogP contribution is 2.24. The second-order valence-corrected chi connectivity index (χ2v) is 5.09. The van der Waals surface area contributed by atoms with Crippen molar-refractivity contribution in [3.8, 4) is 0 Å². The lowest BCUT2D eigenvalue weighted by Gasteiger charge is -2.11. The van der Waals surface area contributed by atoms with Crippen molar-refractivity contribution in [1.82, 2.24) is 0 Å². The molecular formula is C10H13BrIN. The van der Waals surface area contributed by atoms with Gasteiger partial charge >= 0.3 is 0 Å². The summed E-state index contributed by atoms with van der Waals surface area (Å²) in [5.74, 6) is 0. The Morgan fingerprint density at radius 3 is 2.77 bits per heavy atom. The van der Waals surface area contributed by atoms with Gasteiger partial charge in [0.2, 0.25) is 0 Å². The van der Waals surface area contributed by atoms with E-state index in [1.165, 1.54) is 9.13 Å². The Hall–Kier alpha value is 0.390. The molecule has 0 fully saturated rings. The fraction of sp³-hybridized carbons (Fsp3) is 0.400. The molecule has 13 heavy (non-hydrogen) atoms. The first kappa shape index (κ1) is 11.5. The highest BCUT2D eigenvalue weighted by molar-refractivity contribution is 14.1. The Morgan fingerprint density at radius 1 is 1.54 bits per heavy atom. The fourth-order valence-electron chi connectivity index (χ4n) is 1.22. The number of halogens is 2. The van der Waals surface area contributed by atoms with Gasteiger partial charge in [0.05, 0.1) is 0 Å². The molecule has 0 saturated carbocycles. The van der Waals surface area contributed by atoms with E-state index in [2.05, 4.69) is 63.6 Å². The van der Waals surface area contributed by atoms with Crippen LogP contribution < -0.4 is 5.73 Å². The Morgan fingerprint density at radius 2 is 2.23 bits per heavy atom. The number of benzene rings is 1. The summed E-state index contributed by atoms with van der Waals surface area (Å²) < 4.78 is 2.36. The Kier molecular flexibility index (Phi) is 4.69. The summed E-state index contributed by atoms with van der Waals surface area (Å²) in [5, 5.41) is 0. The number of nitrogens with two attached hydrogens (primary N) is 1. The average molecular weight is 354 g/mol. The molecular weight excluding hydrogens is 341 g/mol. The molecule has 0 heterocycles. The lowest BCUT2D eigenvalue weighted by atomic mass is 10.0. The van der Waals surface area contributed by atoms with E-state index in [1.54, 1.807) is 0 Å². The molecule has 0 aromatic heterocycles. The monoisotopic (exact) mass is 353 g/mol. The van der Waals surface area contributed by atoms with Gasteiger partial charge in [-0.2, -0.15) is 0 Å². The molecule has 1 atom stereocenters. The molecule has 2 N–H and O–H groups in total. The van der Waals surface area contributed by atoms with Gasteiger partial charge in [0.25, 0.3) is 0 Å². The maximum absolute atomic E-state index is 6.01. The van der Waals surface area contributed by atoms with Gasteiger partial charge in [-0.05, 0) is 62.6 Å². The third-order valence-corrected chi connectivity index (χ3v) is 4.30. The maximum Gasteiger partial charge on any atom is 0.0309 e. The summed E-state index contributed by atoms with van der Waals surface area (Å²) in [4.78, 5) is 0. The van der Waals surface area contributed by atoms with Crippen molar-refractivity contribution in [2.45, 2.75) is 25.8 Å². The molecule has 0 amide bonds. The minimum absolute atomic E-state index is 0.187. The van der Waals surface area contributed by atoms with Gasteiger partial charge in [-0.1, -0.05) is 19.4 Å². The highest BCUT2D eigenvalue weighted by atomic mass is 127. The molecule has 1 unspecified atom stereocenters. The number of rotatable bonds is 3. The fourth-order valence-corrected chi connectivity index (χ4v) is 2.01. The zero-order valence-electron chi connectivity index (χ0n) is 7.56. The van der Waals surface area contributed by atoms with Gasteiger partial charge in [0.1, 0.15) is 0 Å². The van der Waals surface area contributed by atoms with Gasteiger partial charge in [0.15, 0.2) is 0 Å². The molecule has 0 aliphatic heterocycles. The van der Waals surface area contributed by atoms with Gasteiger partial charge in [-0.25, -0.2) is 0 Å². The second kappa shape index (κ2) is 5.32. The van der Waals surface area contributed by atoms with Crippen LogP contribution >= 0.6 is 38.5 Å². The van der Waals surface area contributed by atoms with E-state index in [9.17, 15) is 0 Å². The lowest BCUT2D eigenvalue weighted by molar-refractivity contribution is 0.638. The third-order valence-electron chi connectivity index (χ3n) is 1.97. The summed E-state index contributed by atoms with van der Waals surface area (Å²) in [7, 11) is 0. The van der Waals surface area contributed by atoms with Crippen LogP contribution in [0.3, 0.4) is 0 Å². The van der Waals surface area contributed by atoms with Crippen LogP contribution in [0.15, 0.2) is 22.7 Å². The third kappa shape index (κ3) is 3.22. The molecule has 0 bridgehead atoms. The first-order chi connectivity index (χ1) is 6.15. The van der Waals surface area contributed by atoms with Gasteiger partial charge < -0.3 is 5.73 Å². The van der Waals surface area contributed by atoms with E-state index in [1.807, 2.05) is 0 Å². The molecule has 1 aromatic carbocycles. The lowest BCUT2D eigenvalue weighted by Crippen LogP contribution is -2.09. The van der Waals surface area contributed by atoms with E-state index in [0.717, 1.165) is 17.3 Å². The van der Waals surface area contributed by atoms with Crippen molar-refractivity contribution in [3.05, 3.63) is 31.8 Å². The zero-order valence-corrected chi connectivity index (χ0v) is 11.3. The summed E-state index contributed by atoms with van der Waals surface area (Å²) in [6.45, 7) is 2.16. The average Bonchev–Trinajstić information content (AvgIpc) is 2.10. The largest absolute Gasteiger partial charge is 0.324 e. The van der Waals surface area contributed by atoms with Crippen molar-refractivity contribution < 1.29 is 0 Å². The number of hydrogen-bond acceptors (Lipinski definition) is 1. The van der Waals surface area contributed by atoms with E-state index in [0.29, 0.717) is 0 Å². The molecule has 72 valence electrons. The van der Waals surface area contributed by atoms with Crippen molar-refractivity contribution in [1.29, 1.82) is 0 Å². The number of hydrogen-bond donors (Lipinski definition) is 1. The van der Waals surface area contributed by atoms with E-state index < -0.39 is 0 Å². The Balaban J connectivity index is 2.84. The van der Waals surface area contributed by atoms with Gasteiger partial charge in [-0.3, -0.25) is 0 Å². The van der Waals surface area contributed by atoms with E-state index in [4.69, 9.17) is 5.73 Å². The molecule has 1 nitrogen and oxygen atoms in total. The van der Waals surface area contributed by atoms with Crippen LogP contribution in [-0.2, 0) is 0 Å². The molecule has 0 spiro atoms. The van der Waals surface area contributed by atoms with Gasteiger partial charge in [0, 0.05) is 14.1 Å². The van der Waals surface area contributed by atoms with Crippen LogP contribution in [0.1, 0.15) is 31.4 Å². The van der Waals surface area contributed by atoms with Crippen LogP contribution in [-0.4, -0.2) is 0 Å². The topological polar surface area (TPSA) is 26.0 Å². The second-order valence-electron chi connectivity index (χ2n) is 3.07. The van der Waals surface area contributed by atoms with Crippen LogP contribution in [0.2, 0.25) is 0 Å². The quantitative estimate of drug-likeness (QED) is 0.820. The zero-order chi connectivity index (χ0) is 9.84. The normalized spacial score (nSPS) is 12.9. The minimum Gasteiger partial charge on any atom is -0.324 e. The molecule has 0 aliphatic rings. The Bertz CT molecular complexity index is 288. The summed E-state index contributed by atoms with van der Waals surface area (Å²) >= 11 is 5.78. The smallest absolute Gasteiger partial charge is 0.0309 e. The van der Waals surface area contributed by atoms with Crippen LogP contribution in [0.5, 0.6) is 0 Å². The van der Waals surface area contributed by atoms with Crippen LogP contribution in [0.25, 0.3) is 0 Å².